The minimum absolute atomic E-state index is 0.141. The van der Waals surface area contributed by atoms with E-state index >= 15 is 0 Å². The first-order valence-corrected chi connectivity index (χ1v) is 13.5. The maximum atomic E-state index is 12.9. The Morgan fingerprint density at radius 3 is 2.68 bits per heavy atom. The number of hydrogen-bond donors (Lipinski definition) is 2. The molecule has 0 aliphatic carbocycles. The van der Waals surface area contributed by atoms with E-state index in [1.54, 1.807) is 60.5 Å². The lowest BCUT2D eigenvalue weighted by molar-refractivity contribution is -0.432. The van der Waals surface area contributed by atoms with Crippen molar-refractivity contribution < 1.29 is 24.2 Å². The smallest absolute Gasteiger partial charge is 0.289 e. The Hall–Kier alpha value is -2.97. The van der Waals surface area contributed by atoms with Crippen molar-refractivity contribution in [3.05, 3.63) is 54.1 Å². The minimum atomic E-state index is -0.389. The fraction of sp³-hybridized carbons (Fsp3) is 0.375. The van der Waals surface area contributed by atoms with Gasteiger partial charge in [0.15, 0.2) is 0 Å². The number of hydrogen-bond acceptors (Lipinski definition) is 10. The van der Waals surface area contributed by atoms with Gasteiger partial charge in [-0.05, 0) is 47.2 Å². The number of thioether (sulfide) groups is 1. The zero-order valence-electron chi connectivity index (χ0n) is 20.7. The van der Waals surface area contributed by atoms with Crippen LogP contribution in [-0.4, -0.2) is 55.1 Å². The van der Waals surface area contributed by atoms with Gasteiger partial charge in [0.05, 0.1) is 28.2 Å². The van der Waals surface area contributed by atoms with Crippen LogP contribution in [0.25, 0.3) is 5.69 Å². The highest BCUT2D eigenvalue weighted by Crippen LogP contribution is 2.26. The van der Waals surface area contributed by atoms with Gasteiger partial charge in [-0.25, -0.2) is 5.26 Å². The summed E-state index contributed by atoms with van der Waals surface area (Å²) >= 11 is 1.66. The molecular formula is C24H30N6O5S2. The molecule has 2 N–H and O–H groups in total. The number of carbonyl (C=O) groups excluding carboxylic acids is 2. The second kappa shape index (κ2) is 15.3. The van der Waals surface area contributed by atoms with E-state index in [1.807, 2.05) is 0 Å². The Morgan fingerprint density at radius 1 is 1.08 bits per heavy atom. The van der Waals surface area contributed by atoms with E-state index in [1.165, 1.54) is 30.4 Å². The van der Waals surface area contributed by atoms with Crippen molar-refractivity contribution in [3.8, 4) is 5.69 Å². The summed E-state index contributed by atoms with van der Waals surface area (Å²) in [5.74, 6) is -0.389. The molecule has 3 aromatic rings. The van der Waals surface area contributed by atoms with Gasteiger partial charge in [-0.15, -0.1) is 9.43 Å². The van der Waals surface area contributed by atoms with Crippen molar-refractivity contribution in [1.82, 2.24) is 25.1 Å². The van der Waals surface area contributed by atoms with Crippen molar-refractivity contribution in [2.45, 2.75) is 55.5 Å². The van der Waals surface area contributed by atoms with E-state index < -0.39 is 0 Å². The molecule has 0 radical (unpaired) electrons. The number of rotatable bonds is 14. The highest BCUT2D eigenvalue weighted by molar-refractivity contribution is 8.13. The molecule has 0 fully saturated rings. The Labute approximate surface area is 224 Å². The molecule has 1 heterocycles. The minimum Gasteiger partial charge on any atom is -0.336 e. The summed E-state index contributed by atoms with van der Waals surface area (Å²) in [6, 6.07) is 13.6. The van der Waals surface area contributed by atoms with Crippen molar-refractivity contribution in [1.29, 1.82) is 0 Å². The van der Waals surface area contributed by atoms with Crippen LogP contribution in [0.3, 0.4) is 0 Å². The third-order valence-electron chi connectivity index (χ3n) is 5.41. The summed E-state index contributed by atoms with van der Waals surface area (Å²) in [6.45, 7) is 2.87. The number of benzene rings is 2. The topological polar surface area (TPSA) is 132 Å². The molecule has 1 aromatic heterocycles. The molecule has 2 aromatic carbocycles. The molecule has 11 nitrogen and oxygen atoms in total. The number of tetrazole rings is 1. The quantitative estimate of drug-likeness (QED) is 0.0834. The van der Waals surface area contributed by atoms with E-state index in [0.29, 0.717) is 45.6 Å². The van der Waals surface area contributed by atoms with E-state index in [4.69, 9.17) is 5.26 Å². The lowest BCUT2D eigenvalue weighted by Gasteiger charge is -2.16. The molecule has 198 valence electrons. The monoisotopic (exact) mass is 546 g/mol. The SMILES string of the molecule is CCCCCCCCN(C)C(=O)Sc1nnnn1-c1cccc(NC(=O)c2ccccc2SOOO)c1. The number of carbonyl (C=O) groups is 2. The van der Waals surface area contributed by atoms with Gasteiger partial charge < -0.3 is 10.2 Å². The number of amides is 2. The number of nitrogens with zero attached hydrogens (tertiary/aromatic N) is 5. The lowest BCUT2D eigenvalue weighted by Crippen LogP contribution is -2.24. The molecule has 2 amide bonds. The number of nitrogens with one attached hydrogen (secondary N) is 1. The zero-order valence-corrected chi connectivity index (χ0v) is 22.3. The van der Waals surface area contributed by atoms with Gasteiger partial charge >= 0.3 is 0 Å². The summed E-state index contributed by atoms with van der Waals surface area (Å²) in [5.41, 5.74) is 1.41. The second-order valence-electron chi connectivity index (χ2n) is 8.16. The molecule has 0 saturated heterocycles. The average Bonchev–Trinajstić information content (AvgIpc) is 3.37. The first kappa shape index (κ1) is 28.6. The van der Waals surface area contributed by atoms with Crippen molar-refractivity contribution in [2.75, 3.05) is 18.9 Å². The van der Waals surface area contributed by atoms with Gasteiger partial charge in [-0.1, -0.05) is 62.3 Å². The van der Waals surface area contributed by atoms with Crippen molar-refractivity contribution in [3.63, 3.8) is 0 Å². The molecule has 3 rings (SSSR count). The summed E-state index contributed by atoms with van der Waals surface area (Å²) in [4.78, 5) is 27.7. The first-order valence-electron chi connectivity index (χ1n) is 11.9. The van der Waals surface area contributed by atoms with Gasteiger partial charge in [0, 0.05) is 31.0 Å². The van der Waals surface area contributed by atoms with Crippen LogP contribution in [0.4, 0.5) is 10.5 Å². The Bertz CT molecular complexity index is 1160. The Morgan fingerprint density at radius 2 is 1.86 bits per heavy atom. The van der Waals surface area contributed by atoms with Crippen LogP contribution in [0.2, 0.25) is 0 Å². The molecule has 0 spiro atoms. The van der Waals surface area contributed by atoms with Crippen molar-refractivity contribution >= 4 is 40.6 Å². The van der Waals surface area contributed by atoms with Crippen LogP contribution in [0, 0.1) is 0 Å². The van der Waals surface area contributed by atoms with Crippen LogP contribution in [-0.2, 0) is 9.37 Å². The van der Waals surface area contributed by atoms with Gasteiger partial charge in [-0.3, -0.25) is 9.59 Å². The number of anilines is 1. The second-order valence-corrected chi connectivity index (χ2v) is 9.82. The zero-order chi connectivity index (χ0) is 26.5. The third-order valence-corrected chi connectivity index (χ3v) is 7.00. The highest BCUT2D eigenvalue weighted by atomic mass is 32.2. The normalized spacial score (nSPS) is 10.9. The maximum absolute atomic E-state index is 12.9. The molecule has 0 aliphatic heterocycles. The predicted octanol–water partition coefficient (Wildman–Crippen LogP) is 5.85. The molecule has 37 heavy (non-hydrogen) atoms. The molecule has 13 heteroatoms. The largest absolute Gasteiger partial charge is 0.336 e. The Balaban J connectivity index is 1.62. The summed E-state index contributed by atoms with van der Waals surface area (Å²) in [5, 5.41) is 26.8. The predicted molar refractivity (Wildman–Crippen MR) is 141 cm³/mol. The van der Waals surface area contributed by atoms with Gasteiger partial charge in [0.25, 0.3) is 11.1 Å². The molecule has 0 saturated carbocycles. The van der Waals surface area contributed by atoms with Gasteiger partial charge in [-0.2, -0.15) is 4.68 Å². The van der Waals surface area contributed by atoms with E-state index in [0.717, 1.165) is 24.6 Å². The van der Waals surface area contributed by atoms with E-state index in [2.05, 4.69) is 37.1 Å². The van der Waals surface area contributed by atoms with Crippen molar-refractivity contribution in [2.24, 2.45) is 0 Å². The molecule has 0 bridgehead atoms. The first-order chi connectivity index (χ1) is 18.0. The molecule has 0 atom stereocenters. The average molecular weight is 547 g/mol. The maximum Gasteiger partial charge on any atom is 0.289 e. The molecular weight excluding hydrogens is 516 g/mol. The van der Waals surface area contributed by atoms with E-state index in [-0.39, 0.29) is 11.1 Å². The van der Waals surface area contributed by atoms with Gasteiger partial charge in [0.2, 0.25) is 5.16 Å². The van der Waals surface area contributed by atoms with Crippen LogP contribution >= 0.6 is 23.8 Å². The van der Waals surface area contributed by atoms with E-state index in [9.17, 15) is 9.59 Å². The van der Waals surface area contributed by atoms with Crippen LogP contribution < -0.4 is 5.32 Å². The van der Waals surface area contributed by atoms with Crippen LogP contribution in [0.5, 0.6) is 0 Å². The van der Waals surface area contributed by atoms with Gasteiger partial charge in [0.1, 0.15) is 0 Å². The fourth-order valence-corrected chi connectivity index (χ4v) is 4.67. The summed E-state index contributed by atoms with van der Waals surface area (Å²) in [6.07, 6.45) is 6.94. The Kier molecular flexibility index (Phi) is 11.8. The fourth-order valence-electron chi connectivity index (χ4n) is 3.47. The van der Waals surface area contributed by atoms with Crippen LogP contribution in [0.1, 0.15) is 55.8 Å². The summed E-state index contributed by atoms with van der Waals surface area (Å²) < 4.78 is 5.92. The third kappa shape index (κ3) is 8.83. The van der Waals surface area contributed by atoms with Crippen LogP contribution in [0.15, 0.2) is 58.6 Å². The standard InChI is InChI=1S/C24H30N6O5S2/c1-3-4-5-6-7-10-16-29(2)24(32)36-23-26-27-28-30(23)19-13-11-12-18(17-19)25-22(31)20-14-8-9-15-21(20)37-35-34-33/h8-9,11-15,17,33H,3-7,10,16H2,1-2H3,(H,25,31). The summed E-state index contributed by atoms with van der Waals surface area (Å²) in [7, 11) is 1.78. The lowest BCUT2D eigenvalue weighted by atomic mass is 10.1. The molecule has 0 unspecified atom stereocenters. The molecule has 0 aliphatic rings. The number of unbranched alkanes of at least 4 members (excludes halogenated alkanes) is 5. The number of aromatic nitrogens is 4. The highest BCUT2D eigenvalue weighted by Gasteiger charge is 2.18.